The molecule has 0 N–H and O–H groups in total. The average Bonchev–Trinajstić information content (AvgIpc) is 1.77. The first-order valence-corrected chi connectivity index (χ1v) is 3.51. The van der Waals surface area contributed by atoms with Gasteiger partial charge in [0.05, 0.1) is 0 Å². The van der Waals surface area contributed by atoms with Crippen molar-refractivity contribution in [1.29, 1.82) is 0 Å². The van der Waals surface area contributed by atoms with Crippen molar-refractivity contribution in [2.75, 3.05) is 0 Å². The van der Waals surface area contributed by atoms with Crippen LogP contribution in [0, 0.1) is 5.82 Å². The minimum absolute atomic E-state index is 0.149. The second kappa shape index (κ2) is 2.62. The van der Waals surface area contributed by atoms with Crippen molar-refractivity contribution >= 4 is 30.7 Å². The van der Waals surface area contributed by atoms with Crippen LogP contribution in [0.1, 0.15) is 0 Å². The molecule has 0 aromatic heterocycles. The summed E-state index contributed by atoms with van der Waals surface area (Å²) in [5.41, 5.74) is 0. The predicted octanol–water partition coefficient (Wildman–Crippen LogP) is 0.619. The maximum absolute atomic E-state index is 12.1. The first kappa shape index (κ1) is 6.27. The Hall–Kier alpha value is 0.150. The molecule has 0 spiro atoms. The number of benzene rings is 1. The molecule has 0 heterocycles. The third kappa shape index (κ3) is 1.58. The first-order valence-electron chi connectivity index (χ1n) is 2.51. The van der Waals surface area contributed by atoms with Crippen molar-refractivity contribution in [2.24, 2.45) is 0 Å². The van der Waals surface area contributed by atoms with E-state index in [1.807, 2.05) is 12.1 Å². The average molecular weight is 118 g/mol. The molecule has 0 bridgehead atoms. The molecule has 1 rings (SSSR count). The van der Waals surface area contributed by atoms with Gasteiger partial charge < -0.3 is 0 Å². The molecule has 0 fully saturated rings. The Balaban J connectivity index is 3.03. The van der Waals surface area contributed by atoms with Crippen LogP contribution in [0.25, 0.3) is 0 Å². The molecule has 8 heavy (non-hydrogen) atoms. The fraction of sp³-hybridized carbons (Fsp3) is 0. The molecule has 0 aliphatic rings. The normalized spacial score (nSPS) is 9.38. The third-order valence-electron chi connectivity index (χ3n) is 1.01. The number of halogens is 1. The first-order chi connectivity index (χ1) is 3.79. The maximum atomic E-state index is 12.1. The molecular weight excluding hydrogens is 114 g/mol. The minimum atomic E-state index is -0.149. The zero-order chi connectivity index (χ0) is 5.98. The molecular formula is C6H4FNa. The van der Waals surface area contributed by atoms with Crippen LogP contribution < -0.4 is 2.81 Å². The van der Waals surface area contributed by atoms with Crippen molar-refractivity contribution < 1.29 is 4.39 Å². The second-order valence-corrected chi connectivity index (χ2v) is 2.95. The molecule has 36 valence electrons. The summed E-state index contributed by atoms with van der Waals surface area (Å²) in [6.07, 6.45) is 0. The van der Waals surface area contributed by atoms with Gasteiger partial charge in [0.1, 0.15) is 0 Å². The Morgan fingerprint density at radius 3 is 2.00 bits per heavy atom. The molecule has 0 saturated carbocycles. The van der Waals surface area contributed by atoms with E-state index in [1.54, 1.807) is 0 Å². The van der Waals surface area contributed by atoms with Gasteiger partial charge in [-0.1, -0.05) is 0 Å². The van der Waals surface area contributed by atoms with Gasteiger partial charge in [-0.05, 0) is 0 Å². The summed E-state index contributed by atoms with van der Waals surface area (Å²) in [5, 5.41) is 0. The third-order valence-corrected chi connectivity index (χ3v) is 1.68. The van der Waals surface area contributed by atoms with Gasteiger partial charge in [0.15, 0.2) is 0 Å². The summed E-state index contributed by atoms with van der Waals surface area (Å²) >= 11 is 1.00. The van der Waals surface area contributed by atoms with Crippen LogP contribution in [-0.2, 0) is 0 Å². The van der Waals surface area contributed by atoms with E-state index in [0.29, 0.717) is 0 Å². The molecule has 2 heteroatoms. The summed E-state index contributed by atoms with van der Waals surface area (Å²) in [7, 11) is 0. The molecule has 1 aromatic rings. The zero-order valence-electron chi connectivity index (χ0n) is 4.69. The summed E-state index contributed by atoms with van der Waals surface area (Å²) in [4.78, 5) is 0. The number of hydrogen-bond acceptors (Lipinski definition) is 0. The molecule has 0 unspecified atom stereocenters. The fourth-order valence-electron chi connectivity index (χ4n) is 0.533. The van der Waals surface area contributed by atoms with Crippen molar-refractivity contribution in [3.8, 4) is 0 Å². The molecule has 0 nitrogen and oxygen atoms in total. The van der Waals surface area contributed by atoms with Gasteiger partial charge in [-0.15, -0.1) is 0 Å². The van der Waals surface area contributed by atoms with Crippen LogP contribution in [0.15, 0.2) is 24.3 Å². The quantitative estimate of drug-likeness (QED) is 0.438. The van der Waals surface area contributed by atoms with E-state index < -0.39 is 0 Å². The van der Waals surface area contributed by atoms with Crippen LogP contribution in [0.2, 0.25) is 0 Å². The second-order valence-electron chi connectivity index (χ2n) is 1.80. The molecule has 1 aromatic carbocycles. The van der Waals surface area contributed by atoms with Crippen LogP contribution in [-0.4, -0.2) is 27.9 Å². The Labute approximate surface area is 65.1 Å². The van der Waals surface area contributed by atoms with Gasteiger partial charge in [0.25, 0.3) is 0 Å². The number of hydrogen-bond donors (Lipinski definition) is 0. The SMILES string of the molecule is Fc1cc[c]([Na])cc1. The van der Waals surface area contributed by atoms with Gasteiger partial charge >= 0.3 is 65.2 Å². The summed E-state index contributed by atoms with van der Waals surface area (Å²) in [6.45, 7) is 0. The monoisotopic (exact) mass is 118 g/mol. The summed E-state index contributed by atoms with van der Waals surface area (Å²) < 4.78 is 13.3. The molecule has 0 aliphatic heterocycles. The Kier molecular flexibility index (Phi) is 2.06. The summed E-state index contributed by atoms with van der Waals surface area (Å²) in [5.74, 6) is -0.149. The van der Waals surface area contributed by atoms with Gasteiger partial charge in [0.2, 0.25) is 0 Å². The van der Waals surface area contributed by atoms with E-state index in [4.69, 9.17) is 0 Å². The molecule has 0 aliphatic carbocycles. The van der Waals surface area contributed by atoms with Gasteiger partial charge in [0, 0.05) is 0 Å². The van der Waals surface area contributed by atoms with Crippen LogP contribution >= 0.6 is 0 Å². The fourth-order valence-corrected chi connectivity index (χ4v) is 0.867. The molecule has 0 atom stereocenters. The van der Waals surface area contributed by atoms with Crippen molar-refractivity contribution in [1.82, 2.24) is 0 Å². The zero-order valence-corrected chi connectivity index (χ0v) is 6.69. The molecule has 0 radical (unpaired) electrons. The van der Waals surface area contributed by atoms with Crippen molar-refractivity contribution in [3.63, 3.8) is 0 Å². The molecule has 0 amide bonds. The van der Waals surface area contributed by atoms with E-state index in [-0.39, 0.29) is 5.82 Å². The van der Waals surface area contributed by atoms with Crippen molar-refractivity contribution in [3.05, 3.63) is 30.1 Å². The van der Waals surface area contributed by atoms with Gasteiger partial charge in [-0.2, -0.15) is 0 Å². The van der Waals surface area contributed by atoms with E-state index in [1.165, 1.54) is 14.9 Å². The van der Waals surface area contributed by atoms with Gasteiger partial charge in [-0.25, -0.2) is 0 Å². The van der Waals surface area contributed by atoms with E-state index >= 15 is 0 Å². The van der Waals surface area contributed by atoms with Crippen LogP contribution in [0.3, 0.4) is 0 Å². The number of rotatable bonds is 0. The van der Waals surface area contributed by atoms with Crippen LogP contribution in [0.5, 0.6) is 0 Å². The van der Waals surface area contributed by atoms with E-state index in [9.17, 15) is 4.39 Å². The topological polar surface area (TPSA) is 0 Å². The van der Waals surface area contributed by atoms with E-state index in [0.717, 1.165) is 27.9 Å². The summed E-state index contributed by atoms with van der Waals surface area (Å²) in [6, 6.07) is 6.59. The van der Waals surface area contributed by atoms with Crippen molar-refractivity contribution in [2.45, 2.75) is 0 Å². The van der Waals surface area contributed by atoms with Crippen LogP contribution in [0.4, 0.5) is 4.39 Å². The van der Waals surface area contributed by atoms with E-state index in [2.05, 4.69) is 0 Å². The van der Waals surface area contributed by atoms with Gasteiger partial charge in [-0.3, -0.25) is 0 Å². The Bertz CT molecular complexity index is 147. The predicted molar refractivity (Wildman–Crippen MR) is 31.8 cm³/mol. The Morgan fingerprint density at radius 2 is 1.62 bits per heavy atom. The Morgan fingerprint density at radius 1 is 1.12 bits per heavy atom. The molecule has 0 saturated heterocycles. The standard InChI is InChI=1S/C6H4F.Na/c7-6-4-2-1-3-5-6;/h2-5H;.